The number of nitrogens with two attached hydrogens (primary N) is 1. The van der Waals surface area contributed by atoms with Gasteiger partial charge in [-0.05, 0) is 43.4 Å². The Morgan fingerprint density at radius 2 is 1.80 bits per heavy atom. The second-order valence-corrected chi connectivity index (χ2v) is 5.99. The van der Waals surface area contributed by atoms with Gasteiger partial charge in [-0.15, -0.1) is 0 Å². The summed E-state index contributed by atoms with van der Waals surface area (Å²) in [7, 11) is 0. The summed E-state index contributed by atoms with van der Waals surface area (Å²) in [5, 5.41) is 0. The molecule has 1 aliphatic rings. The summed E-state index contributed by atoms with van der Waals surface area (Å²) in [4.78, 5) is 0. The second-order valence-electron chi connectivity index (χ2n) is 5.99. The van der Waals surface area contributed by atoms with E-state index in [9.17, 15) is 0 Å². The van der Waals surface area contributed by atoms with Gasteiger partial charge in [-0.3, -0.25) is 0 Å². The summed E-state index contributed by atoms with van der Waals surface area (Å²) in [6.45, 7) is 9.33. The summed E-state index contributed by atoms with van der Waals surface area (Å²) < 4.78 is 0. The SMILES string of the molecule is C/C=C/C1(C)CCC(N)CCCC1(C)C. The smallest absolute Gasteiger partial charge is 0.00391 e. The Bertz CT molecular complexity index is 229. The minimum Gasteiger partial charge on any atom is -0.328 e. The molecule has 0 aliphatic heterocycles. The molecule has 0 amide bonds. The predicted molar refractivity (Wildman–Crippen MR) is 67.8 cm³/mol. The van der Waals surface area contributed by atoms with Gasteiger partial charge in [0.05, 0.1) is 0 Å². The lowest BCUT2D eigenvalue weighted by molar-refractivity contribution is 0.0980. The van der Waals surface area contributed by atoms with Crippen LogP contribution < -0.4 is 5.73 Å². The molecule has 1 aliphatic carbocycles. The first-order chi connectivity index (χ1) is 6.91. The van der Waals surface area contributed by atoms with E-state index >= 15 is 0 Å². The van der Waals surface area contributed by atoms with Crippen molar-refractivity contribution in [1.82, 2.24) is 0 Å². The third kappa shape index (κ3) is 2.84. The first-order valence-electron chi connectivity index (χ1n) is 6.31. The standard InChI is InChI=1S/C14H27N/c1-5-9-14(4)11-8-12(15)7-6-10-13(14,2)3/h5,9,12H,6-8,10-11,15H2,1-4H3/b9-5+. The maximum absolute atomic E-state index is 6.09. The molecule has 1 saturated carbocycles. The van der Waals surface area contributed by atoms with E-state index in [1.165, 1.54) is 32.1 Å². The molecular weight excluding hydrogens is 182 g/mol. The summed E-state index contributed by atoms with van der Waals surface area (Å²) in [5.41, 5.74) is 6.81. The van der Waals surface area contributed by atoms with E-state index < -0.39 is 0 Å². The zero-order chi connectivity index (χ0) is 11.5. The molecule has 1 rings (SSSR count). The maximum Gasteiger partial charge on any atom is 0.00391 e. The highest BCUT2D eigenvalue weighted by Gasteiger charge is 2.39. The van der Waals surface area contributed by atoms with E-state index in [4.69, 9.17) is 5.73 Å². The Hall–Kier alpha value is -0.300. The molecular formula is C14H27N. The fourth-order valence-electron chi connectivity index (χ4n) is 2.74. The first-order valence-corrected chi connectivity index (χ1v) is 6.31. The lowest BCUT2D eigenvalue weighted by atomic mass is 9.60. The van der Waals surface area contributed by atoms with Crippen LogP contribution in [0.4, 0.5) is 0 Å². The molecule has 0 aromatic rings. The van der Waals surface area contributed by atoms with E-state index in [0.717, 1.165) is 0 Å². The molecule has 2 atom stereocenters. The minimum atomic E-state index is 0.319. The van der Waals surface area contributed by atoms with Crippen molar-refractivity contribution in [1.29, 1.82) is 0 Å². The van der Waals surface area contributed by atoms with Gasteiger partial charge >= 0.3 is 0 Å². The molecule has 0 aromatic heterocycles. The highest BCUT2D eigenvalue weighted by Crippen LogP contribution is 2.48. The summed E-state index contributed by atoms with van der Waals surface area (Å²) >= 11 is 0. The summed E-state index contributed by atoms with van der Waals surface area (Å²) in [6, 6.07) is 0.422. The molecule has 1 heteroatoms. The molecule has 0 saturated heterocycles. The Morgan fingerprint density at radius 3 is 2.40 bits per heavy atom. The van der Waals surface area contributed by atoms with Crippen LogP contribution in [0.15, 0.2) is 12.2 Å². The lowest BCUT2D eigenvalue weighted by Crippen LogP contribution is -2.37. The van der Waals surface area contributed by atoms with Gasteiger partial charge in [0.25, 0.3) is 0 Å². The third-order valence-corrected chi connectivity index (χ3v) is 4.49. The zero-order valence-electron chi connectivity index (χ0n) is 10.8. The van der Waals surface area contributed by atoms with Crippen LogP contribution in [0.5, 0.6) is 0 Å². The topological polar surface area (TPSA) is 26.0 Å². The Balaban J connectivity index is 2.86. The van der Waals surface area contributed by atoms with Crippen LogP contribution in [0.1, 0.15) is 59.8 Å². The van der Waals surface area contributed by atoms with E-state index in [-0.39, 0.29) is 0 Å². The van der Waals surface area contributed by atoms with Gasteiger partial charge in [0.2, 0.25) is 0 Å². The van der Waals surface area contributed by atoms with Crippen molar-refractivity contribution in [2.45, 2.75) is 65.8 Å². The summed E-state index contributed by atoms with van der Waals surface area (Å²) in [6.07, 6.45) is 10.8. The van der Waals surface area contributed by atoms with Crippen LogP contribution in [-0.4, -0.2) is 6.04 Å². The van der Waals surface area contributed by atoms with Gasteiger partial charge in [-0.2, -0.15) is 0 Å². The van der Waals surface area contributed by atoms with E-state index in [1.807, 2.05) is 0 Å². The molecule has 2 N–H and O–H groups in total. The average molecular weight is 209 g/mol. The summed E-state index contributed by atoms with van der Waals surface area (Å²) in [5.74, 6) is 0. The van der Waals surface area contributed by atoms with Gasteiger partial charge < -0.3 is 5.73 Å². The van der Waals surface area contributed by atoms with Crippen LogP contribution in [-0.2, 0) is 0 Å². The molecule has 0 aromatic carbocycles. The Labute approximate surface area is 95.1 Å². The highest BCUT2D eigenvalue weighted by molar-refractivity contribution is 5.04. The molecule has 1 nitrogen and oxygen atoms in total. The van der Waals surface area contributed by atoms with Crippen molar-refractivity contribution in [2.75, 3.05) is 0 Å². The van der Waals surface area contributed by atoms with Crippen molar-refractivity contribution in [3.05, 3.63) is 12.2 Å². The largest absolute Gasteiger partial charge is 0.328 e. The number of hydrogen-bond donors (Lipinski definition) is 1. The normalized spacial score (nSPS) is 37.5. The van der Waals surface area contributed by atoms with Crippen molar-refractivity contribution >= 4 is 0 Å². The lowest BCUT2D eigenvalue weighted by Gasteiger charge is -2.45. The van der Waals surface area contributed by atoms with Crippen LogP contribution in [0.3, 0.4) is 0 Å². The Kier molecular flexibility index (Phi) is 3.99. The van der Waals surface area contributed by atoms with Gasteiger partial charge in [0.15, 0.2) is 0 Å². The fourth-order valence-corrected chi connectivity index (χ4v) is 2.74. The maximum atomic E-state index is 6.09. The molecule has 0 spiro atoms. The minimum absolute atomic E-state index is 0.319. The zero-order valence-corrected chi connectivity index (χ0v) is 10.8. The van der Waals surface area contributed by atoms with Crippen molar-refractivity contribution < 1.29 is 0 Å². The molecule has 0 radical (unpaired) electrons. The molecule has 2 unspecified atom stereocenters. The van der Waals surface area contributed by atoms with Crippen LogP contribution in [0, 0.1) is 10.8 Å². The van der Waals surface area contributed by atoms with Gasteiger partial charge in [0.1, 0.15) is 0 Å². The molecule has 15 heavy (non-hydrogen) atoms. The van der Waals surface area contributed by atoms with E-state index in [1.54, 1.807) is 0 Å². The number of hydrogen-bond acceptors (Lipinski definition) is 1. The van der Waals surface area contributed by atoms with Crippen molar-refractivity contribution in [3.63, 3.8) is 0 Å². The number of rotatable bonds is 1. The van der Waals surface area contributed by atoms with E-state index in [0.29, 0.717) is 16.9 Å². The highest BCUT2D eigenvalue weighted by atomic mass is 14.6. The first kappa shape index (κ1) is 12.8. The van der Waals surface area contributed by atoms with Gasteiger partial charge in [-0.1, -0.05) is 39.3 Å². The van der Waals surface area contributed by atoms with Crippen LogP contribution in [0.25, 0.3) is 0 Å². The number of allylic oxidation sites excluding steroid dienone is 2. The molecule has 0 heterocycles. The molecule has 88 valence electrons. The van der Waals surface area contributed by atoms with Crippen molar-refractivity contribution in [3.8, 4) is 0 Å². The van der Waals surface area contributed by atoms with E-state index in [2.05, 4.69) is 39.8 Å². The quantitative estimate of drug-likeness (QED) is 0.651. The van der Waals surface area contributed by atoms with Gasteiger partial charge in [0, 0.05) is 6.04 Å². The monoisotopic (exact) mass is 209 g/mol. The molecule has 0 bridgehead atoms. The van der Waals surface area contributed by atoms with Gasteiger partial charge in [-0.25, -0.2) is 0 Å². The molecule has 1 fully saturated rings. The second kappa shape index (κ2) is 4.69. The van der Waals surface area contributed by atoms with Crippen LogP contribution >= 0.6 is 0 Å². The predicted octanol–water partition coefficient (Wildman–Crippen LogP) is 3.89. The Morgan fingerprint density at radius 1 is 1.13 bits per heavy atom. The fraction of sp³-hybridized carbons (Fsp3) is 0.857. The van der Waals surface area contributed by atoms with Crippen LogP contribution in [0.2, 0.25) is 0 Å². The third-order valence-electron chi connectivity index (χ3n) is 4.49. The van der Waals surface area contributed by atoms with Crippen molar-refractivity contribution in [2.24, 2.45) is 16.6 Å². The average Bonchev–Trinajstić information content (AvgIpc) is 2.13.